The number of hydrogen-bond donors (Lipinski definition) is 0. The number of nitrogens with zero attached hydrogens (tertiary/aromatic N) is 1. The van der Waals surface area contributed by atoms with Crippen molar-refractivity contribution in [3.63, 3.8) is 0 Å². The Bertz CT molecular complexity index is 375. The molecule has 0 radical (unpaired) electrons. The molecule has 0 bridgehead atoms. The molecule has 6 rings (SSSR count). The minimum Gasteiger partial charge on any atom is -0.372 e. The van der Waals surface area contributed by atoms with Gasteiger partial charge < -0.3 is 14.2 Å². The van der Waals surface area contributed by atoms with E-state index in [-0.39, 0.29) is 0 Å². The molecular formula is C18H27NO3. The molecule has 3 aliphatic carbocycles. The molecule has 6 fully saturated rings. The highest BCUT2D eigenvalue weighted by molar-refractivity contribution is 5.14. The van der Waals surface area contributed by atoms with Crippen molar-refractivity contribution in [3.05, 3.63) is 0 Å². The molecule has 3 saturated carbocycles. The van der Waals surface area contributed by atoms with Gasteiger partial charge in [0.25, 0.3) is 0 Å². The largest absolute Gasteiger partial charge is 0.372 e. The Labute approximate surface area is 132 Å². The lowest BCUT2D eigenvalue weighted by molar-refractivity contribution is -0.333. The summed E-state index contributed by atoms with van der Waals surface area (Å²) in [6, 6.07) is 1.55. The van der Waals surface area contributed by atoms with Crippen LogP contribution in [-0.2, 0) is 14.2 Å². The predicted molar refractivity (Wildman–Crippen MR) is 80.7 cm³/mol. The van der Waals surface area contributed by atoms with Crippen LogP contribution in [0.2, 0.25) is 0 Å². The molecule has 0 aromatic rings. The van der Waals surface area contributed by atoms with Crippen LogP contribution in [0.25, 0.3) is 0 Å². The summed E-state index contributed by atoms with van der Waals surface area (Å²) in [5, 5.41) is 0. The first kappa shape index (κ1) is 13.2. The van der Waals surface area contributed by atoms with Crippen molar-refractivity contribution in [3.8, 4) is 0 Å². The van der Waals surface area contributed by atoms with E-state index in [4.69, 9.17) is 14.2 Å². The van der Waals surface area contributed by atoms with E-state index in [9.17, 15) is 0 Å². The summed E-state index contributed by atoms with van der Waals surface area (Å²) in [5.74, 6) is 0. The summed E-state index contributed by atoms with van der Waals surface area (Å²) in [6.07, 6.45) is 13.7. The number of rotatable bonds is 0. The van der Waals surface area contributed by atoms with Crippen LogP contribution < -0.4 is 0 Å². The summed E-state index contributed by atoms with van der Waals surface area (Å²) < 4.78 is 19.8. The molecule has 0 amide bonds. The molecule has 3 heterocycles. The van der Waals surface area contributed by atoms with Gasteiger partial charge in [-0.3, -0.25) is 4.90 Å². The highest BCUT2D eigenvalue weighted by Crippen LogP contribution is 2.50. The minimum atomic E-state index is 0.417. The van der Waals surface area contributed by atoms with Gasteiger partial charge in [-0.2, -0.15) is 0 Å². The molecule has 0 aromatic carbocycles. The number of ether oxygens (including phenoxy) is 3. The highest BCUT2D eigenvalue weighted by Gasteiger charge is 2.62. The Hall–Kier alpha value is -0.160. The fraction of sp³-hybridized carbons (Fsp3) is 1.00. The van der Waals surface area contributed by atoms with Crippen LogP contribution in [0.4, 0.5) is 0 Å². The van der Waals surface area contributed by atoms with Crippen molar-refractivity contribution >= 4 is 0 Å². The SMILES string of the molecule is C1CC2OC3CCCC4OC5CCCC6OC(C1)C2N(C34)C65. The van der Waals surface area contributed by atoms with Crippen molar-refractivity contribution in [2.75, 3.05) is 0 Å². The van der Waals surface area contributed by atoms with Crippen LogP contribution in [0.15, 0.2) is 0 Å². The first-order valence-corrected chi connectivity index (χ1v) is 9.64. The smallest absolute Gasteiger partial charge is 0.0760 e. The van der Waals surface area contributed by atoms with Crippen LogP contribution in [0.5, 0.6) is 0 Å². The zero-order valence-corrected chi connectivity index (χ0v) is 13.2. The van der Waals surface area contributed by atoms with Crippen molar-refractivity contribution in [2.45, 2.75) is 113 Å². The molecule has 0 aromatic heterocycles. The molecule has 6 atom stereocenters. The van der Waals surface area contributed by atoms with E-state index in [0.717, 1.165) is 0 Å². The molecule has 4 heteroatoms. The van der Waals surface area contributed by atoms with Crippen molar-refractivity contribution in [1.82, 2.24) is 4.90 Å². The van der Waals surface area contributed by atoms with Gasteiger partial charge in [0.05, 0.1) is 54.7 Å². The molecule has 0 spiro atoms. The fourth-order valence-corrected chi connectivity index (χ4v) is 6.62. The average Bonchev–Trinajstić information content (AvgIpc) is 2.55. The molecule has 3 saturated heterocycles. The highest BCUT2D eigenvalue weighted by atomic mass is 16.5. The minimum absolute atomic E-state index is 0.417. The van der Waals surface area contributed by atoms with Gasteiger partial charge in [-0.25, -0.2) is 0 Å². The lowest BCUT2D eigenvalue weighted by Gasteiger charge is -2.67. The predicted octanol–water partition coefficient (Wildman–Crippen LogP) is 2.25. The van der Waals surface area contributed by atoms with Crippen molar-refractivity contribution in [1.29, 1.82) is 0 Å². The second-order valence-corrected chi connectivity index (χ2v) is 8.35. The molecular weight excluding hydrogens is 278 g/mol. The quantitative estimate of drug-likeness (QED) is 0.687. The second-order valence-electron chi connectivity index (χ2n) is 8.35. The maximum atomic E-state index is 6.60. The van der Waals surface area contributed by atoms with Crippen LogP contribution in [0, 0.1) is 0 Å². The third-order valence-corrected chi connectivity index (χ3v) is 7.30. The summed E-state index contributed by atoms with van der Waals surface area (Å²) in [7, 11) is 0. The topological polar surface area (TPSA) is 30.9 Å². The van der Waals surface area contributed by atoms with Gasteiger partial charge >= 0.3 is 0 Å². The van der Waals surface area contributed by atoms with E-state index in [1.165, 1.54) is 57.8 Å². The Morgan fingerprint density at radius 2 is 0.727 bits per heavy atom. The molecule has 122 valence electrons. The Morgan fingerprint density at radius 1 is 0.455 bits per heavy atom. The van der Waals surface area contributed by atoms with E-state index in [1.807, 2.05) is 0 Å². The van der Waals surface area contributed by atoms with Gasteiger partial charge in [-0.1, -0.05) is 0 Å². The Kier molecular flexibility index (Phi) is 2.80. The average molecular weight is 305 g/mol. The third-order valence-electron chi connectivity index (χ3n) is 7.30. The van der Waals surface area contributed by atoms with Gasteiger partial charge in [-0.05, 0) is 57.8 Å². The van der Waals surface area contributed by atoms with Crippen LogP contribution in [0.1, 0.15) is 57.8 Å². The first-order valence-electron chi connectivity index (χ1n) is 9.64. The first-order chi connectivity index (χ1) is 10.9. The molecule has 3 aliphatic heterocycles. The number of morpholine rings is 3. The van der Waals surface area contributed by atoms with Gasteiger partial charge in [0, 0.05) is 0 Å². The maximum Gasteiger partial charge on any atom is 0.0760 e. The standard InChI is InChI=1S/C18H27NO3/c1-4-10-16-11(5-1)21-13-7-3-9-15-18(13)19(16)17-12(20-10)6-2-8-14(17)22-15/h10-18H,1-9H2. The zero-order chi connectivity index (χ0) is 14.3. The van der Waals surface area contributed by atoms with Gasteiger partial charge in [0.1, 0.15) is 0 Å². The Morgan fingerprint density at radius 3 is 1.00 bits per heavy atom. The Balaban J connectivity index is 1.46. The van der Waals surface area contributed by atoms with Crippen LogP contribution >= 0.6 is 0 Å². The summed E-state index contributed by atoms with van der Waals surface area (Å²) in [4.78, 5) is 2.91. The normalized spacial score (nSPS) is 59.7. The van der Waals surface area contributed by atoms with Crippen molar-refractivity contribution in [2.24, 2.45) is 0 Å². The molecule has 6 aliphatic rings. The monoisotopic (exact) mass is 305 g/mol. The van der Waals surface area contributed by atoms with E-state index < -0.39 is 0 Å². The lowest BCUT2D eigenvalue weighted by Crippen LogP contribution is -2.81. The summed E-state index contributed by atoms with van der Waals surface area (Å²) >= 11 is 0. The van der Waals surface area contributed by atoms with E-state index in [2.05, 4.69) is 4.90 Å². The van der Waals surface area contributed by atoms with E-state index >= 15 is 0 Å². The lowest BCUT2D eigenvalue weighted by atomic mass is 9.73. The second kappa shape index (κ2) is 4.69. The molecule has 22 heavy (non-hydrogen) atoms. The summed E-state index contributed by atoms with van der Waals surface area (Å²) in [5.41, 5.74) is 0. The summed E-state index contributed by atoms with van der Waals surface area (Å²) in [6.45, 7) is 0. The molecule has 6 unspecified atom stereocenters. The van der Waals surface area contributed by atoms with Crippen LogP contribution in [-0.4, -0.2) is 59.6 Å². The number of hydrogen-bond acceptors (Lipinski definition) is 4. The van der Waals surface area contributed by atoms with Crippen molar-refractivity contribution < 1.29 is 14.2 Å². The third kappa shape index (κ3) is 1.62. The van der Waals surface area contributed by atoms with E-state index in [0.29, 0.717) is 54.7 Å². The van der Waals surface area contributed by atoms with Crippen LogP contribution in [0.3, 0.4) is 0 Å². The molecule has 0 N–H and O–H groups in total. The zero-order valence-electron chi connectivity index (χ0n) is 13.2. The fourth-order valence-electron chi connectivity index (χ4n) is 6.62. The van der Waals surface area contributed by atoms with Gasteiger partial charge in [0.15, 0.2) is 0 Å². The van der Waals surface area contributed by atoms with Gasteiger partial charge in [0.2, 0.25) is 0 Å². The molecule has 4 nitrogen and oxygen atoms in total. The maximum absolute atomic E-state index is 6.60. The van der Waals surface area contributed by atoms with Gasteiger partial charge in [-0.15, -0.1) is 0 Å². The van der Waals surface area contributed by atoms with E-state index in [1.54, 1.807) is 0 Å².